The van der Waals surface area contributed by atoms with E-state index < -0.39 is 47.9 Å². The van der Waals surface area contributed by atoms with Crippen molar-refractivity contribution in [3.05, 3.63) is 42.2 Å². The van der Waals surface area contributed by atoms with Crippen LogP contribution in [0.5, 0.6) is 0 Å². The molecule has 1 amide bonds. The van der Waals surface area contributed by atoms with Crippen molar-refractivity contribution in [2.75, 3.05) is 18.5 Å². The fourth-order valence-electron chi connectivity index (χ4n) is 4.13. The highest BCUT2D eigenvalue weighted by Crippen LogP contribution is 2.36. The highest BCUT2D eigenvalue weighted by atomic mass is 19.4. The van der Waals surface area contributed by atoms with E-state index >= 15 is 0 Å². The summed E-state index contributed by atoms with van der Waals surface area (Å²) in [6.07, 6.45) is -3.02. The molecule has 2 aliphatic heterocycles. The monoisotopic (exact) mass is 493 g/mol. The molecule has 0 spiro atoms. The molecule has 35 heavy (non-hydrogen) atoms. The van der Waals surface area contributed by atoms with Crippen LogP contribution in [0.1, 0.15) is 30.0 Å². The molecule has 0 aliphatic carbocycles. The normalized spacial score (nSPS) is 25.9. The molecule has 3 aromatic heterocycles. The number of ether oxygens (including phenoxy) is 3. The van der Waals surface area contributed by atoms with Crippen LogP contribution >= 0.6 is 0 Å². The van der Waals surface area contributed by atoms with Crippen molar-refractivity contribution in [2.24, 2.45) is 0 Å². The number of aromatic nitrogens is 5. The Hall–Kier alpha value is -3.36. The molecule has 0 saturated carbocycles. The number of anilines is 1. The number of fused-ring (bicyclic) bond motifs is 2. The number of imidazole rings is 1. The highest BCUT2D eigenvalue weighted by Gasteiger charge is 2.52. The Bertz CT molecular complexity index is 1230. The van der Waals surface area contributed by atoms with Gasteiger partial charge in [0.15, 0.2) is 17.1 Å². The second-order valence-corrected chi connectivity index (χ2v) is 8.65. The van der Waals surface area contributed by atoms with Crippen LogP contribution < -0.4 is 10.6 Å². The van der Waals surface area contributed by atoms with Crippen molar-refractivity contribution < 1.29 is 32.2 Å². The van der Waals surface area contributed by atoms with Gasteiger partial charge in [-0.3, -0.25) is 9.78 Å². The lowest BCUT2D eigenvalue weighted by molar-refractivity contribution is -0.153. The van der Waals surface area contributed by atoms with Crippen LogP contribution in [0.4, 0.5) is 19.0 Å². The maximum atomic E-state index is 13.0. The summed E-state index contributed by atoms with van der Waals surface area (Å²) in [5.74, 6) is -1.43. The van der Waals surface area contributed by atoms with E-state index in [1.807, 2.05) is 0 Å². The molecule has 0 radical (unpaired) electrons. The van der Waals surface area contributed by atoms with Crippen LogP contribution in [0.3, 0.4) is 0 Å². The molecule has 186 valence electrons. The van der Waals surface area contributed by atoms with Gasteiger partial charge >= 0.3 is 6.18 Å². The average Bonchev–Trinajstić information content (AvgIpc) is 3.40. The van der Waals surface area contributed by atoms with E-state index in [1.165, 1.54) is 12.5 Å². The van der Waals surface area contributed by atoms with E-state index in [-0.39, 0.29) is 24.7 Å². The third kappa shape index (κ3) is 4.90. The summed E-state index contributed by atoms with van der Waals surface area (Å²) in [5.41, 5.74) is 0.223. The van der Waals surface area contributed by atoms with Crippen molar-refractivity contribution >= 4 is 22.9 Å². The summed E-state index contributed by atoms with van der Waals surface area (Å²) < 4.78 is 57.0. The molecule has 0 bridgehead atoms. The first kappa shape index (κ1) is 23.4. The number of alkyl halides is 3. The number of nitrogens with zero attached hydrogens (tertiary/aromatic N) is 4. The molecule has 2 aliphatic rings. The first-order valence-corrected chi connectivity index (χ1v) is 10.8. The summed E-state index contributed by atoms with van der Waals surface area (Å²) in [4.78, 5) is 31.0. The van der Waals surface area contributed by atoms with Crippen molar-refractivity contribution in [2.45, 2.75) is 50.2 Å². The lowest BCUT2D eigenvalue weighted by Crippen LogP contribution is -2.57. The third-order valence-electron chi connectivity index (χ3n) is 5.65. The number of pyridine rings is 1. The van der Waals surface area contributed by atoms with Crippen LogP contribution in [0.2, 0.25) is 0 Å². The second-order valence-electron chi connectivity index (χ2n) is 8.65. The Morgan fingerprint density at radius 2 is 2.00 bits per heavy atom. The quantitative estimate of drug-likeness (QED) is 0.487. The number of carbonyl (C=O) groups excluding carboxylic acids is 1. The van der Waals surface area contributed by atoms with E-state index in [2.05, 4.69) is 35.6 Å². The zero-order valence-electron chi connectivity index (χ0n) is 18.7. The molecule has 3 N–H and O–H groups in total. The number of hydrogen-bond acceptors (Lipinski definition) is 9. The minimum absolute atomic E-state index is 0.0629. The Balaban J connectivity index is 1.26. The smallest absolute Gasteiger partial charge is 0.371 e. The summed E-state index contributed by atoms with van der Waals surface area (Å²) in [5, 5.41) is 5.70. The third-order valence-corrected chi connectivity index (χ3v) is 5.65. The topological polar surface area (TPSA) is 136 Å². The van der Waals surface area contributed by atoms with Gasteiger partial charge in [0.1, 0.15) is 29.8 Å². The van der Waals surface area contributed by atoms with Gasteiger partial charge in [-0.2, -0.15) is 13.2 Å². The van der Waals surface area contributed by atoms with Crippen molar-refractivity contribution in [1.82, 2.24) is 30.2 Å². The van der Waals surface area contributed by atoms with E-state index in [1.54, 1.807) is 26.0 Å². The Morgan fingerprint density at radius 3 is 2.80 bits per heavy atom. The average molecular weight is 493 g/mol. The largest absolute Gasteiger partial charge is 0.434 e. The summed E-state index contributed by atoms with van der Waals surface area (Å²) in [6, 6.07) is 2.73. The minimum atomic E-state index is -4.62. The van der Waals surface area contributed by atoms with Gasteiger partial charge < -0.3 is 29.8 Å². The zero-order chi connectivity index (χ0) is 24.8. The Labute approximate surface area is 196 Å². The molecular weight excluding hydrogens is 471 g/mol. The summed E-state index contributed by atoms with van der Waals surface area (Å²) in [6.45, 7) is 3.64. The lowest BCUT2D eigenvalue weighted by atomic mass is 9.98. The molecule has 5 rings (SSSR count). The number of hydrogen-bond donors (Lipinski definition) is 3. The highest BCUT2D eigenvalue weighted by molar-refractivity contribution is 5.94. The standard InChI is InChI=1S/C21H22F3N7O4/c1-20(2)34-16-12(29-15-7-25-6-14(31-15)21(22,23)24)8-33-13(17(16)35-20)5-26-19(32)11-4-3-10-18(30-11)28-9-27-10/h3-4,6-7,9,12-13,16-17H,5,8H2,1-2H3,(H,26,32)(H,29,31)(H,27,28,30)/t12-,13+,16+,17-/m0/s1. The lowest BCUT2D eigenvalue weighted by Gasteiger charge is -2.37. The van der Waals surface area contributed by atoms with Crippen LogP contribution in [0.25, 0.3) is 11.2 Å². The van der Waals surface area contributed by atoms with Gasteiger partial charge in [0.25, 0.3) is 5.91 Å². The summed E-state index contributed by atoms with van der Waals surface area (Å²) >= 11 is 0. The fraction of sp³-hybridized carbons (Fsp3) is 0.476. The number of nitrogens with one attached hydrogen (secondary N) is 3. The number of amides is 1. The van der Waals surface area contributed by atoms with E-state index in [4.69, 9.17) is 14.2 Å². The molecule has 14 heteroatoms. The predicted octanol–water partition coefficient (Wildman–Crippen LogP) is 1.90. The molecule has 2 fully saturated rings. The SMILES string of the molecule is CC1(C)O[C@@H]2[C@H](O1)[C@@H](Nc1cncc(C(F)(F)F)n1)CO[C@@H]2CNC(=O)c1ccc2[nH]cnc2n1. The molecule has 2 saturated heterocycles. The van der Waals surface area contributed by atoms with Crippen molar-refractivity contribution in [1.29, 1.82) is 0 Å². The maximum Gasteiger partial charge on any atom is 0.434 e. The number of H-pyrrole nitrogens is 1. The van der Waals surface area contributed by atoms with Crippen LogP contribution in [-0.4, -0.2) is 74.1 Å². The number of rotatable bonds is 5. The summed E-state index contributed by atoms with van der Waals surface area (Å²) in [7, 11) is 0. The van der Waals surface area contributed by atoms with Gasteiger partial charge in [0.2, 0.25) is 0 Å². The van der Waals surface area contributed by atoms with Gasteiger partial charge in [-0.15, -0.1) is 0 Å². The first-order chi connectivity index (χ1) is 16.6. The van der Waals surface area contributed by atoms with Crippen LogP contribution in [-0.2, 0) is 20.4 Å². The molecule has 11 nitrogen and oxygen atoms in total. The predicted molar refractivity (Wildman–Crippen MR) is 114 cm³/mol. The fourth-order valence-corrected chi connectivity index (χ4v) is 4.13. The van der Waals surface area contributed by atoms with E-state index in [0.29, 0.717) is 17.4 Å². The maximum absolute atomic E-state index is 13.0. The van der Waals surface area contributed by atoms with Crippen LogP contribution in [0, 0.1) is 0 Å². The zero-order valence-corrected chi connectivity index (χ0v) is 18.7. The molecule has 4 atom stereocenters. The molecule has 5 heterocycles. The minimum Gasteiger partial charge on any atom is -0.371 e. The first-order valence-electron chi connectivity index (χ1n) is 10.8. The number of halogens is 3. The Kier molecular flexibility index (Phi) is 5.81. The second kappa shape index (κ2) is 8.70. The van der Waals surface area contributed by atoms with Crippen LogP contribution in [0.15, 0.2) is 30.9 Å². The van der Waals surface area contributed by atoms with E-state index in [9.17, 15) is 18.0 Å². The van der Waals surface area contributed by atoms with Crippen molar-refractivity contribution in [3.63, 3.8) is 0 Å². The Morgan fingerprint density at radius 1 is 1.20 bits per heavy atom. The molecular formula is C21H22F3N7O4. The molecule has 0 unspecified atom stereocenters. The number of carbonyl (C=O) groups is 1. The number of aromatic amines is 1. The molecule has 3 aromatic rings. The van der Waals surface area contributed by atoms with Crippen molar-refractivity contribution in [3.8, 4) is 0 Å². The van der Waals surface area contributed by atoms with Gasteiger partial charge in [-0.25, -0.2) is 15.0 Å². The molecule has 0 aromatic carbocycles. The van der Waals surface area contributed by atoms with E-state index in [0.717, 1.165) is 0 Å². The van der Waals surface area contributed by atoms with Gasteiger partial charge in [-0.1, -0.05) is 0 Å². The van der Waals surface area contributed by atoms with Gasteiger partial charge in [0, 0.05) is 6.54 Å². The van der Waals surface area contributed by atoms with Gasteiger partial charge in [0.05, 0.1) is 36.9 Å². The van der Waals surface area contributed by atoms with Gasteiger partial charge in [-0.05, 0) is 26.0 Å².